The van der Waals surface area contributed by atoms with Crippen LogP contribution < -0.4 is 14.8 Å². The van der Waals surface area contributed by atoms with Gasteiger partial charge < -0.3 is 19.5 Å². The minimum Gasteiger partial charge on any atom is -0.493 e. The van der Waals surface area contributed by atoms with Crippen molar-refractivity contribution in [1.82, 2.24) is 0 Å². The van der Waals surface area contributed by atoms with Crippen LogP contribution in [0.4, 0.5) is 5.69 Å². The number of carbonyl (C=O) groups is 2. The van der Waals surface area contributed by atoms with E-state index in [0.29, 0.717) is 17.2 Å². The minimum absolute atomic E-state index is 0.0889. The number of anilines is 1. The molecule has 0 fully saturated rings. The number of rotatable bonds is 9. The first-order chi connectivity index (χ1) is 13.9. The van der Waals surface area contributed by atoms with Gasteiger partial charge in [-0.05, 0) is 30.5 Å². The molecule has 0 aliphatic rings. The lowest BCUT2D eigenvalue weighted by molar-refractivity contribution is -0.155. The fourth-order valence-electron chi connectivity index (χ4n) is 3.05. The summed E-state index contributed by atoms with van der Waals surface area (Å²) < 4.78 is 16.0. The summed E-state index contributed by atoms with van der Waals surface area (Å²) in [4.78, 5) is 25.4. The molecular formula is C23H29NO5. The molecule has 0 saturated carbocycles. The predicted molar refractivity (Wildman–Crippen MR) is 112 cm³/mol. The van der Waals surface area contributed by atoms with Crippen LogP contribution in [-0.4, -0.2) is 32.2 Å². The van der Waals surface area contributed by atoms with Gasteiger partial charge in [-0.2, -0.15) is 0 Å². The largest absolute Gasteiger partial charge is 0.493 e. The van der Waals surface area contributed by atoms with Crippen LogP contribution in [0.5, 0.6) is 11.5 Å². The molecule has 6 heteroatoms. The molecule has 0 aliphatic carbocycles. The van der Waals surface area contributed by atoms with Crippen LogP contribution in [0.2, 0.25) is 0 Å². The van der Waals surface area contributed by atoms with Crippen molar-refractivity contribution < 1.29 is 23.8 Å². The smallest absolute Gasteiger partial charge is 0.314 e. The average molecular weight is 399 g/mol. The maximum Gasteiger partial charge on any atom is 0.314 e. The Bertz CT molecular complexity index is 821. The van der Waals surface area contributed by atoms with Crippen LogP contribution in [0.1, 0.15) is 38.7 Å². The zero-order valence-electron chi connectivity index (χ0n) is 17.6. The summed E-state index contributed by atoms with van der Waals surface area (Å²) in [6.45, 7) is 5.60. The van der Waals surface area contributed by atoms with Crippen molar-refractivity contribution in [3.8, 4) is 11.5 Å². The van der Waals surface area contributed by atoms with E-state index in [1.807, 2.05) is 44.2 Å². The standard InChI is InChI=1S/C23H29NO5/c1-6-15(2)21(17-10-8-7-9-11-17)23(26)29-16(3)22(25)24-18-12-13-19(27-4)20(14-18)28-5/h7-16,21H,6H2,1-5H3,(H,24,25)/t15-,16+,21-/m1/s1. The molecule has 2 aromatic rings. The van der Waals surface area contributed by atoms with Crippen LogP contribution in [0.3, 0.4) is 0 Å². The Labute approximate surface area is 172 Å². The van der Waals surface area contributed by atoms with Crippen molar-refractivity contribution in [2.24, 2.45) is 5.92 Å². The van der Waals surface area contributed by atoms with Gasteiger partial charge in [0.1, 0.15) is 0 Å². The fraction of sp³-hybridized carbons (Fsp3) is 0.391. The Hall–Kier alpha value is -3.02. The zero-order chi connectivity index (χ0) is 21.4. The van der Waals surface area contributed by atoms with Crippen LogP contribution in [0.15, 0.2) is 48.5 Å². The first-order valence-corrected chi connectivity index (χ1v) is 9.69. The molecule has 1 N–H and O–H groups in total. The van der Waals surface area contributed by atoms with Crippen molar-refractivity contribution >= 4 is 17.6 Å². The SMILES string of the molecule is CC[C@@H](C)[C@@H](C(=O)O[C@@H](C)C(=O)Nc1ccc(OC)c(OC)c1)c1ccccc1. The second-order valence-corrected chi connectivity index (χ2v) is 6.91. The molecule has 0 spiro atoms. The van der Waals surface area contributed by atoms with Gasteiger partial charge in [0.15, 0.2) is 17.6 Å². The highest BCUT2D eigenvalue weighted by molar-refractivity contribution is 5.95. The lowest BCUT2D eigenvalue weighted by Gasteiger charge is -2.24. The second kappa shape index (κ2) is 10.5. The molecule has 1 amide bonds. The van der Waals surface area contributed by atoms with Gasteiger partial charge in [0.05, 0.1) is 20.1 Å². The number of methoxy groups -OCH3 is 2. The Morgan fingerprint density at radius 3 is 2.21 bits per heavy atom. The number of esters is 1. The van der Waals surface area contributed by atoms with Crippen LogP contribution in [0, 0.1) is 5.92 Å². The molecule has 2 rings (SSSR count). The summed E-state index contributed by atoms with van der Waals surface area (Å²) in [6, 6.07) is 14.5. The van der Waals surface area contributed by atoms with Crippen LogP contribution in [-0.2, 0) is 14.3 Å². The summed E-state index contributed by atoms with van der Waals surface area (Å²) >= 11 is 0. The Balaban J connectivity index is 2.08. The van der Waals surface area contributed by atoms with Gasteiger partial charge in [-0.25, -0.2) is 0 Å². The number of hydrogen-bond acceptors (Lipinski definition) is 5. The summed E-state index contributed by atoms with van der Waals surface area (Å²) in [6.07, 6.45) is -0.119. The highest BCUT2D eigenvalue weighted by Crippen LogP contribution is 2.30. The molecule has 29 heavy (non-hydrogen) atoms. The Morgan fingerprint density at radius 2 is 1.62 bits per heavy atom. The molecular weight excluding hydrogens is 370 g/mol. The first kappa shape index (κ1) is 22.3. The van der Waals surface area contributed by atoms with Gasteiger partial charge in [0.2, 0.25) is 0 Å². The maximum atomic E-state index is 12.9. The molecule has 2 aromatic carbocycles. The number of amides is 1. The second-order valence-electron chi connectivity index (χ2n) is 6.91. The van der Waals surface area contributed by atoms with Crippen molar-refractivity contribution in [2.75, 3.05) is 19.5 Å². The number of carbonyl (C=O) groups excluding carboxylic acids is 2. The van der Waals surface area contributed by atoms with E-state index in [-0.39, 0.29) is 5.92 Å². The van der Waals surface area contributed by atoms with Crippen molar-refractivity contribution in [2.45, 2.75) is 39.2 Å². The summed E-state index contributed by atoms with van der Waals surface area (Å²) in [5, 5.41) is 2.74. The van der Waals surface area contributed by atoms with Crippen molar-refractivity contribution in [3.05, 3.63) is 54.1 Å². The highest BCUT2D eigenvalue weighted by Gasteiger charge is 2.30. The number of benzene rings is 2. The Morgan fingerprint density at radius 1 is 0.966 bits per heavy atom. The predicted octanol–water partition coefficient (Wildman–Crippen LogP) is 4.40. The summed E-state index contributed by atoms with van der Waals surface area (Å²) in [5.74, 6) is -0.0920. The zero-order valence-corrected chi connectivity index (χ0v) is 17.6. The first-order valence-electron chi connectivity index (χ1n) is 9.69. The molecule has 3 atom stereocenters. The van der Waals surface area contributed by atoms with E-state index in [9.17, 15) is 9.59 Å². The van der Waals surface area contributed by atoms with E-state index in [0.717, 1.165) is 12.0 Å². The molecule has 0 aromatic heterocycles. The van der Waals surface area contributed by atoms with Crippen molar-refractivity contribution in [1.29, 1.82) is 0 Å². The van der Waals surface area contributed by atoms with E-state index in [2.05, 4.69) is 5.32 Å². The number of nitrogens with one attached hydrogen (secondary N) is 1. The number of ether oxygens (including phenoxy) is 3. The molecule has 0 heterocycles. The van der Waals surface area contributed by atoms with Crippen LogP contribution in [0.25, 0.3) is 0 Å². The van der Waals surface area contributed by atoms with E-state index in [1.54, 1.807) is 25.1 Å². The third kappa shape index (κ3) is 5.73. The molecule has 6 nitrogen and oxygen atoms in total. The van der Waals surface area contributed by atoms with E-state index in [1.165, 1.54) is 14.2 Å². The van der Waals surface area contributed by atoms with Gasteiger partial charge in [-0.3, -0.25) is 9.59 Å². The monoisotopic (exact) mass is 399 g/mol. The Kier molecular flexibility index (Phi) is 8.07. The third-order valence-corrected chi connectivity index (χ3v) is 4.94. The molecule has 156 valence electrons. The van der Waals surface area contributed by atoms with E-state index < -0.39 is 23.9 Å². The minimum atomic E-state index is -0.939. The van der Waals surface area contributed by atoms with E-state index >= 15 is 0 Å². The highest BCUT2D eigenvalue weighted by atomic mass is 16.5. The molecule has 0 unspecified atom stereocenters. The fourth-order valence-corrected chi connectivity index (χ4v) is 3.05. The summed E-state index contributed by atoms with van der Waals surface area (Å²) in [5.41, 5.74) is 1.41. The van der Waals surface area contributed by atoms with Crippen LogP contribution >= 0.6 is 0 Å². The van der Waals surface area contributed by atoms with E-state index in [4.69, 9.17) is 14.2 Å². The molecule has 0 bridgehead atoms. The van der Waals surface area contributed by atoms with Gasteiger partial charge in [-0.15, -0.1) is 0 Å². The lowest BCUT2D eigenvalue weighted by Crippen LogP contribution is -2.33. The van der Waals surface area contributed by atoms with Gasteiger partial charge >= 0.3 is 5.97 Å². The third-order valence-electron chi connectivity index (χ3n) is 4.94. The van der Waals surface area contributed by atoms with Gasteiger partial charge in [0, 0.05) is 11.8 Å². The normalized spacial score (nSPS) is 13.7. The lowest BCUT2D eigenvalue weighted by atomic mass is 9.85. The molecule has 0 radical (unpaired) electrons. The van der Waals surface area contributed by atoms with Gasteiger partial charge in [0.25, 0.3) is 5.91 Å². The molecule has 0 aliphatic heterocycles. The van der Waals surface area contributed by atoms with Crippen molar-refractivity contribution in [3.63, 3.8) is 0 Å². The average Bonchev–Trinajstić information content (AvgIpc) is 2.74. The summed E-state index contributed by atoms with van der Waals surface area (Å²) in [7, 11) is 3.06. The van der Waals surface area contributed by atoms with Gasteiger partial charge in [-0.1, -0.05) is 50.6 Å². The maximum absolute atomic E-state index is 12.9. The topological polar surface area (TPSA) is 73.9 Å². The number of hydrogen-bond donors (Lipinski definition) is 1. The molecule has 0 saturated heterocycles. The quantitative estimate of drug-likeness (QED) is 0.633.